The summed E-state index contributed by atoms with van der Waals surface area (Å²) >= 11 is 0. The fourth-order valence-corrected chi connectivity index (χ4v) is 2.82. The average Bonchev–Trinajstić information content (AvgIpc) is 2.74. The molecule has 0 fully saturated rings. The van der Waals surface area contributed by atoms with Gasteiger partial charge in [-0.05, 0) is 42.5 Å². The molecule has 2 N–H and O–H groups in total. The quantitative estimate of drug-likeness (QED) is 0.514. The number of benzene rings is 2. The minimum Gasteiger partial charge on any atom is -0.497 e. The summed E-state index contributed by atoms with van der Waals surface area (Å²) in [4.78, 5) is 13.2. The van der Waals surface area contributed by atoms with E-state index in [4.69, 9.17) is 9.47 Å². The third-order valence-electron chi connectivity index (χ3n) is 4.18. The summed E-state index contributed by atoms with van der Waals surface area (Å²) in [5.74, 6) is 2.49. The van der Waals surface area contributed by atoms with E-state index in [2.05, 4.69) is 25.6 Å². The van der Waals surface area contributed by atoms with Gasteiger partial charge in [-0.15, -0.1) is 0 Å². The van der Waals surface area contributed by atoms with Crippen molar-refractivity contribution >= 4 is 34.0 Å². The van der Waals surface area contributed by atoms with Crippen LogP contribution in [0.1, 0.15) is 0 Å². The molecule has 0 unspecified atom stereocenters. The van der Waals surface area contributed by atoms with Crippen molar-refractivity contribution in [3.8, 4) is 11.5 Å². The van der Waals surface area contributed by atoms with Crippen LogP contribution in [0.3, 0.4) is 0 Å². The predicted octanol–water partition coefficient (Wildman–Crippen LogP) is 4.53. The van der Waals surface area contributed by atoms with Crippen LogP contribution in [0.15, 0.2) is 67.0 Å². The zero-order valence-corrected chi connectivity index (χ0v) is 15.5. The first-order chi connectivity index (χ1) is 13.7. The number of hydrogen-bond donors (Lipinski definition) is 2. The second-order valence-corrected chi connectivity index (χ2v) is 5.99. The molecule has 0 aliphatic carbocycles. The van der Waals surface area contributed by atoms with Crippen molar-refractivity contribution in [2.45, 2.75) is 0 Å². The molecular weight excluding hydrogens is 354 g/mol. The monoisotopic (exact) mass is 373 g/mol. The SMILES string of the molecule is COc1ccc(OC)c(Nc2nccc(Nc3ccc4ncccc4c3)n2)c1. The Morgan fingerprint density at radius 2 is 1.75 bits per heavy atom. The van der Waals surface area contributed by atoms with Crippen LogP contribution in [0.2, 0.25) is 0 Å². The van der Waals surface area contributed by atoms with Gasteiger partial charge in [-0.2, -0.15) is 4.98 Å². The molecule has 0 atom stereocenters. The van der Waals surface area contributed by atoms with Gasteiger partial charge in [0.15, 0.2) is 0 Å². The lowest BCUT2D eigenvalue weighted by atomic mass is 10.2. The highest BCUT2D eigenvalue weighted by Gasteiger charge is 2.08. The molecule has 7 nitrogen and oxygen atoms in total. The Bertz CT molecular complexity index is 1120. The zero-order valence-electron chi connectivity index (χ0n) is 15.5. The number of rotatable bonds is 6. The number of ether oxygens (including phenoxy) is 2. The van der Waals surface area contributed by atoms with Crippen LogP contribution in [-0.4, -0.2) is 29.2 Å². The number of pyridine rings is 1. The van der Waals surface area contributed by atoms with Crippen LogP contribution in [0.5, 0.6) is 11.5 Å². The molecule has 0 spiro atoms. The molecule has 0 radical (unpaired) electrons. The van der Waals surface area contributed by atoms with E-state index in [1.807, 2.05) is 48.5 Å². The maximum absolute atomic E-state index is 5.39. The molecule has 0 saturated heterocycles. The Kier molecular flexibility index (Phi) is 4.88. The molecular formula is C21H19N5O2. The lowest BCUT2D eigenvalue weighted by Gasteiger charge is -2.12. The molecule has 140 valence electrons. The van der Waals surface area contributed by atoms with Crippen LogP contribution in [0.25, 0.3) is 10.9 Å². The molecule has 2 aromatic heterocycles. The number of methoxy groups -OCH3 is 2. The maximum Gasteiger partial charge on any atom is 0.229 e. The lowest BCUT2D eigenvalue weighted by molar-refractivity contribution is 0.405. The lowest BCUT2D eigenvalue weighted by Crippen LogP contribution is -2.02. The van der Waals surface area contributed by atoms with Crippen molar-refractivity contribution < 1.29 is 9.47 Å². The Morgan fingerprint density at radius 3 is 2.61 bits per heavy atom. The van der Waals surface area contributed by atoms with E-state index < -0.39 is 0 Å². The van der Waals surface area contributed by atoms with E-state index in [0.29, 0.717) is 23.3 Å². The first kappa shape index (κ1) is 17.5. The van der Waals surface area contributed by atoms with E-state index in [1.54, 1.807) is 32.7 Å². The number of nitrogens with zero attached hydrogens (tertiary/aromatic N) is 3. The Balaban J connectivity index is 1.57. The summed E-state index contributed by atoms with van der Waals surface area (Å²) in [7, 11) is 3.23. The highest BCUT2D eigenvalue weighted by atomic mass is 16.5. The summed E-state index contributed by atoms with van der Waals surface area (Å²) in [6, 6.07) is 17.2. The molecule has 7 heteroatoms. The van der Waals surface area contributed by atoms with E-state index >= 15 is 0 Å². The third-order valence-corrected chi connectivity index (χ3v) is 4.18. The molecule has 0 bridgehead atoms. The molecule has 4 rings (SSSR count). The summed E-state index contributed by atoms with van der Waals surface area (Å²) in [5.41, 5.74) is 2.59. The third kappa shape index (κ3) is 3.78. The second kappa shape index (κ2) is 7.79. The summed E-state index contributed by atoms with van der Waals surface area (Å²) in [5, 5.41) is 7.53. The first-order valence-corrected chi connectivity index (χ1v) is 8.69. The van der Waals surface area contributed by atoms with Crippen molar-refractivity contribution in [3.05, 3.63) is 67.0 Å². The fraction of sp³-hybridized carbons (Fsp3) is 0.0952. The van der Waals surface area contributed by atoms with Crippen LogP contribution < -0.4 is 20.1 Å². The largest absolute Gasteiger partial charge is 0.497 e. The van der Waals surface area contributed by atoms with Crippen LogP contribution in [-0.2, 0) is 0 Å². The van der Waals surface area contributed by atoms with Gasteiger partial charge in [-0.3, -0.25) is 4.98 Å². The molecule has 2 heterocycles. The Labute approximate surface area is 162 Å². The smallest absolute Gasteiger partial charge is 0.229 e. The van der Waals surface area contributed by atoms with Gasteiger partial charge in [-0.1, -0.05) is 6.07 Å². The Morgan fingerprint density at radius 1 is 0.821 bits per heavy atom. The maximum atomic E-state index is 5.39. The van der Waals surface area contributed by atoms with Gasteiger partial charge in [0.05, 0.1) is 25.4 Å². The van der Waals surface area contributed by atoms with Gasteiger partial charge in [-0.25, -0.2) is 4.98 Å². The number of nitrogens with one attached hydrogen (secondary N) is 2. The van der Waals surface area contributed by atoms with E-state index in [9.17, 15) is 0 Å². The number of fused-ring (bicyclic) bond motifs is 1. The van der Waals surface area contributed by atoms with Crippen LogP contribution in [0.4, 0.5) is 23.1 Å². The second-order valence-electron chi connectivity index (χ2n) is 5.99. The zero-order chi connectivity index (χ0) is 19.3. The van der Waals surface area contributed by atoms with E-state index in [-0.39, 0.29) is 0 Å². The van der Waals surface area contributed by atoms with Gasteiger partial charge in [0.25, 0.3) is 0 Å². The number of aromatic nitrogens is 3. The van der Waals surface area contributed by atoms with Gasteiger partial charge in [0.1, 0.15) is 17.3 Å². The van der Waals surface area contributed by atoms with Gasteiger partial charge >= 0.3 is 0 Å². The molecule has 0 aliphatic heterocycles. The first-order valence-electron chi connectivity index (χ1n) is 8.69. The van der Waals surface area contributed by atoms with Crippen molar-refractivity contribution in [1.29, 1.82) is 0 Å². The summed E-state index contributed by atoms with van der Waals surface area (Å²) < 4.78 is 10.7. The van der Waals surface area contributed by atoms with Crippen LogP contribution in [0, 0.1) is 0 Å². The van der Waals surface area contributed by atoms with Gasteiger partial charge < -0.3 is 20.1 Å². The van der Waals surface area contributed by atoms with Crippen molar-refractivity contribution in [1.82, 2.24) is 15.0 Å². The molecule has 28 heavy (non-hydrogen) atoms. The van der Waals surface area contributed by atoms with E-state index in [0.717, 1.165) is 22.3 Å². The standard InChI is InChI=1S/C21H19N5O2/c1-27-16-6-8-19(28-2)18(13-16)25-21-23-11-9-20(26-21)24-15-5-7-17-14(12-15)4-3-10-22-17/h3-13H,1-2H3,(H2,23,24,25,26). The Hall–Kier alpha value is -3.87. The minimum atomic E-state index is 0.444. The van der Waals surface area contributed by atoms with Gasteiger partial charge in [0, 0.05) is 29.5 Å². The topological polar surface area (TPSA) is 81.2 Å². The van der Waals surface area contributed by atoms with Crippen LogP contribution >= 0.6 is 0 Å². The number of anilines is 4. The normalized spacial score (nSPS) is 10.5. The van der Waals surface area contributed by atoms with Gasteiger partial charge in [0.2, 0.25) is 5.95 Å². The van der Waals surface area contributed by atoms with Crippen molar-refractivity contribution in [2.75, 3.05) is 24.9 Å². The highest BCUT2D eigenvalue weighted by molar-refractivity contribution is 5.83. The molecule has 2 aromatic carbocycles. The summed E-state index contributed by atoms with van der Waals surface area (Å²) in [6.07, 6.45) is 3.47. The van der Waals surface area contributed by atoms with Crippen molar-refractivity contribution in [3.63, 3.8) is 0 Å². The molecule has 0 saturated carbocycles. The minimum absolute atomic E-state index is 0.444. The summed E-state index contributed by atoms with van der Waals surface area (Å²) in [6.45, 7) is 0. The van der Waals surface area contributed by atoms with Crippen molar-refractivity contribution in [2.24, 2.45) is 0 Å². The molecule has 0 amide bonds. The predicted molar refractivity (Wildman–Crippen MR) is 110 cm³/mol. The molecule has 0 aliphatic rings. The molecule has 4 aromatic rings. The highest BCUT2D eigenvalue weighted by Crippen LogP contribution is 2.31. The van der Waals surface area contributed by atoms with E-state index in [1.165, 1.54) is 0 Å². The number of hydrogen-bond acceptors (Lipinski definition) is 7. The fourth-order valence-electron chi connectivity index (χ4n) is 2.82. The average molecular weight is 373 g/mol.